The van der Waals surface area contributed by atoms with Crippen molar-refractivity contribution in [2.45, 2.75) is 55.5 Å². The van der Waals surface area contributed by atoms with Gasteiger partial charge in [-0.3, -0.25) is 4.79 Å². The number of aliphatic hydroxyl groups excluding tert-OH is 1. The zero-order chi connectivity index (χ0) is 23.1. The van der Waals surface area contributed by atoms with E-state index in [2.05, 4.69) is 41.4 Å². The van der Waals surface area contributed by atoms with Gasteiger partial charge < -0.3 is 20.2 Å². The average molecular weight is 475 g/mol. The summed E-state index contributed by atoms with van der Waals surface area (Å²) in [5.41, 5.74) is 1.99. The summed E-state index contributed by atoms with van der Waals surface area (Å²) >= 11 is 3.03. The van der Waals surface area contributed by atoms with Gasteiger partial charge in [0.25, 0.3) is 0 Å². The van der Waals surface area contributed by atoms with E-state index in [-0.39, 0.29) is 30.4 Å². The molecule has 0 radical (unpaired) electrons. The largest absolute Gasteiger partial charge is 0.444 e. The van der Waals surface area contributed by atoms with E-state index in [1.54, 1.807) is 24.2 Å². The lowest BCUT2D eigenvalue weighted by Crippen LogP contribution is -2.22. The summed E-state index contributed by atoms with van der Waals surface area (Å²) in [4.78, 5) is 21.1. The fourth-order valence-electron chi connectivity index (χ4n) is 2.91. The topological polar surface area (TPSA) is 100 Å². The number of carbonyl (C=O) groups is 1. The number of rotatable bonds is 10. The van der Waals surface area contributed by atoms with Crippen LogP contribution in [0.5, 0.6) is 0 Å². The molecule has 1 unspecified atom stereocenters. The molecular weight excluding hydrogens is 444 g/mol. The van der Waals surface area contributed by atoms with Crippen LogP contribution in [-0.4, -0.2) is 34.1 Å². The monoisotopic (exact) mass is 474 g/mol. The lowest BCUT2D eigenvalue weighted by molar-refractivity contribution is -0.115. The number of hydrogen-bond acceptors (Lipinski definition) is 8. The Labute approximate surface area is 197 Å². The first-order chi connectivity index (χ1) is 15.2. The maximum absolute atomic E-state index is 12.4. The Morgan fingerprint density at radius 3 is 2.62 bits per heavy atom. The number of nitrogens with one attached hydrogen (secondary N) is 2. The SMILES string of the molecule is CC(NCCO)c1ccc(CC(=O)Nc2ncc(SCc3ncc(C(C)(C)C)o3)s2)cc1. The molecule has 2 heterocycles. The Bertz CT molecular complexity index is 1010. The molecule has 0 aliphatic heterocycles. The minimum absolute atomic E-state index is 0.0623. The van der Waals surface area contributed by atoms with Crippen LogP contribution in [0.4, 0.5) is 5.13 Å². The number of hydrogen-bond donors (Lipinski definition) is 3. The van der Waals surface area contributed by atoms with Gasteiger partial charge in [0.15, 0.2) is 5.13 Å². The van der Waals surface area contributed by atoms with Crippen LogP contribution in [0.3, 0.4) is 0 Å². The molecule has 0 fully saturated rings. The lowest BCUT2D eigenvalue weighted by Gasteiger charge is -2.13. The van der Waals surface area contributed by atoms with Crippen molar-refractivity contribution in [1.29, 1.82) is 0 Å². The number of thioether (sulfide) groups is 1. The number of aromatic nitrogens is 2. The molecule has 0 saturated heterocycles. The molecule has 172 valence electrons. The third-order valence-electron chi connectivity index (χ3n) is 4.77. The van der Waals surface area contributed by atoms with Gasteiger partial charge in [0.1, 0.15) is 5.76 Å². The van der Waals surface area contributed by atoms with Crippen LogP contribution in [0.2, 0.25) is 0 Å². The summed E-state index contributed by atoms with van der Waals surface area (Å²) < 4.78 is 6.81. The summed E-state index contributed by atoms with van der Waals surface area (Å²) in [6, 6.07) is 8.06. The quantitative estimate of drug-likeness (QED) is 0.371. The molecule has 2 aromatic heterocycles. The maximum Gasteiger partial charge on any atom is 0.230 e. The third kappa shape index (κ3) is 7.16. The van der Waals surface area contributed by atoms with E-state index < -0.39 is 0 Å². The number of thiazole rings is 1. The van der Waals surface area contributed by atoms with Gasteiger partial charge >= 0.3 is 0 Å². The predicted molar refractivity (Wildman–Crippen MR) is 129 cm³/mol. The summed E-state index contributed by atoms with van der Waals surface area (Å²) in [5, 5.41) is 15.6. The van der Waals surface area contributed by atoms with Gasteiger partial charge in [-0.1, -0.05) is 56.4 Å². The summed E-state index contributed by atoms with van der Waals surface area (Å²) in [6.07, 6.45) is 3.83. The third-order valence-corrected chi connectivity index (χ3v) is 6.86. The summed E-state index contributed by atoms with van der Waals surface area (Å²) in [5.74, 6) is 2.07. The fraction of sp³-hybridized carbons (Fsp3) is 0.435. The van der Waals surface area contributed by atoms with Crippen LogP contribution in [-0.2, 0) is 22.4 Å². The van der Waals surface area contributed by atoms with Gasteiger partial charge in [-0.15, -0.1) is 11.8 Å². The molecule has 9 heteroatoms. The van der Waals surface area contributed by atoms with Crippen molar-refractivity contribution < 1.29 is 14.3 Å². The van der Waals surface area contributed by atoms with Crippen molar-refractivity contribution in [1.82, 2.24) is 15.3 Å². The maximum atomic E-state index is 12.4. The van der Waals surface area contributed by atoms with E-state index in [4.69, 9.17) is 9.52 Å². The highest BCUT2D eigenvalue weighted by Crippen LogP contribution is 2.31. The van der Waals surface area contributed by atoms with E-state index in [1.807, 2.05) is 31.2 Å². The second-order valence-corrected chi connectivity index (χ2v) is 10.8. The number of nitrogens with zero attached hydrogens (tertiary/aromatic N) is 2. The van der Waals surface area contributed by atoms with Crippen LogP contribution in [0, 0.1) is 0 Å². The molecule has 1 aromatic carbocycles. The first-order valence-corrected chi connectivity index (χ1v) is 12.3. The van der Waals surface area contributed by atoms with Crippen LogP contribution in [0.15, 0.2) is 45.3 Å². The van der Waals surface area contributed by atoms with Crippen molar-refractivity contribution in [3.8, 4) is 0 Å². The van der Waals surface area contributed by atoms with Gasteiger partial charge in [0, 0.05) is 18.0 Å². The van der Waals surface area contributed by atoms with Crippen LogP contribution >= 0.6 is 23.1 Å². The van der Waals surface area contributed by atoms with Crippen molar-refractivity contribution in [3.05, 3.63) is 59.4 Å². The van der Waals surface area contributed by atoms with Crippen molar-refractivity contribution in [2.75, 3.05) is 18.5 Å². The fourth-order valence-corrected chi connectivity index (χ4v) is 4.65. The molecule has 1 amide bonds. The van der Waals surface area contributed by atoms with Gasteiger partial charge in [0.05, 0.1) is 35.4 Å². The second-order valence-electron chi connectivity index (χ2n) is 8.51. The Hall–Kier alpha value is -2.20. The Morgan fingerprint density at radius 1 is 1.22 bits per heavy atom. The highest BCUT2D eigenvalue weighted by Gasteiger charge is 2.19. The molecule has 1 atom stereocenters. The molecule has 3 rings (SSSR count). The summed E-state index contributed by atoms with van der Waals surface area (Å²) in [6.45, 7) is 8.98. The lowest BCUT2D eigenvalue weighted by atomic mass is 9.94. The zero-order valence-corrected chi connectivity index (χ0v) is 20.5. The first-order valence-electron chi connectivity index (χ1n) is 10.5. The number of oxazole rings is 1. The van der Waals surface area contributed by atoms with Gasteiger partial charge in [-0.2, -0.15) is 0 Å². The van der Waals surface area contributed by atoms with E-state index in [9.17, 15) is 4.79 Å². The average Bonchev–Trinajstić information content (AvgIpc) is 3.40. The van der Waals surface area contributed by atoms with Crippen LogP contribution in [0.25, 0.3) is 0 Å². The molecule has 0 aliphatic rings. The van der Waals surface area contributed by atoms with Crippen LogP contribution in [0.1, 0.15) is 56.5 Å². The molecule has 3 aromatic rings. The highest BCUT2D eigenvalue weighted by molar-refractivity contribution is 8.00. The Balaban J connectivity index is 1.47. The van der Waals surface area contributed by atoms with Crippen LogP contribution < -0.4 is 10.6 Å². The number of anilines is 1. The minimum Gasteiger partial charge on any atom is -0.444 e. The van der Waals surface area contributed by atoms with E-state index in [0.29, 0.717) is 23.3 Å². The molecule has 0 spiro atoms. The van der Waals surface area contributed by atoms with E-state index >= 15 is 0 Å². The number of amides is 1. The van der Waals surface area contributed by atoms with Gasteiger partial charge in [-0.25, -0.2) is 9.97 Å². The van der Waals surface area contributed by atoms with Gasteiger partial charge in [0.2, 0.25) is 11.8 Å². The normalized spacial score (nSPS) is 12.7. The molecule has 0 saturated carbocycles. The highest BCUT2D eigenvalue weighted by atomic mass is 32.2. The molecule has 32 heavy (non-hydrogen) atoms. The van der Waals surface area contributed by atoms with Crippen molar-refractivity contribution >= 4 is 34.1 Å². The number of benzene rings is 1. The van der Waals surface area contributed by atoms with Gasteiger partial charge in [-0.05, 0) is 18.1 Å². The first kappa shape index (κ1) is 24.4. The molecular formula is C23H30N4O3S2. The molecule has 7 nitrogen and oxygen atoms in total. The van der Waals surface area contributed by atoms with E-state index in [0.717, 1.165) is 21.1 Å². The number of carbonyl (C=O) groups excluding carboxylic acids is 1. The molecule has 3 N–H and O–H groups in total. The standard InChI is InChI=1S/C23H30N4O3S2/c1-15(24-9-10-28)17-7-5-16(6-8-17)11-19(29)27-22-26-13-21(32-22)31-14-20-25-12-18(30-20)23(2,3)4/h5-8,12-13,15,24,28H,9-11,14H2,1-4H3,(H,26,27,29). The van der Waals surface area contributed by atoms with Crippen molar-refractivity contribution in [3.63, 3.8) is 0 Å². The van der Waals surface area contributed by atoms with Crippen molar-refractivity contribution in [2.24, 2.45) is 0 Å². The zero-order valence-electron chi connectivity index (χ0n) is 18.8. The Morgan fingerprint density at radius 2 is 1.97 bits per heavy atom. The predicted octanol–water partition coefficient (Wildman–Crippen LogP) is 4.55. The minimum atomic E-state index is -0.0994. The summed E-state index contributed by atoms with van der Waals surface area (Å²) in [7, 11) is 0. The second kappa shape index (κ2) is 11.1. The molecule has 0 bridgehead atoms. The van der Waals surface area contributed by atoms with E-state index in [1.165, 1.54) is 11.3 Å². The number of aliphatic hydroxyl groups is 1. The Kier molecular flexibility index (Phi) is 8.47. The molecule has 0 aliphatic carbocycles. The smallest absolute Gasteiger partial charge is 0.230 e.